The van der Waals surface area contributed by atoms with Crippen molar-refractivity contribution in [3.8, 4) is 0 Å². The highest BCUT2D eigenvalue weighted by Crippen LogP contribution is 2.26. The van der Waals surface area contributed by atoms with Gasteiger partial charge in [-0.05, 0) is 49.5 Å². The fraction of sp³-hybridized carbons (Fsp3) is 0.545. The van der Waals surface area contributed by atoms with Crippen molar-refractivity contribution in [1.29, 1.82) is 0 Å². The summed E-state index contributed by atoms with van der Waals surface area (Å²) in [5.74, 6) is -0.889. The summed E-state index contributed by atoms with van der Waals surface area (Å²) in [6.45, 7) is 3.98. The largest absolute Gasteiger partial charge is 0.442 e. The summed E-state index contributed by atoms with van der Waals surface area (Å²) >= 11 is 4.90. The molecule has 2 aliphatic rings. The van der Waals surface area contributed by atoms with Crippen molar-refractivity contribution in [2.24, 2.45) is 11.8 Å². The molecule has 9 heteroatoms. The first-order valence-electron chi connectivity index (χ1n) is 10.8. The first-order valence-corrected chi connectivity index (χ1v) is 11.2. The smallest absolute Gasteiger partial charge is 0.273 e. The second-order valence-electron chi connectivity index (χ2n) is 8.48. The van der Waals surface area contributed by atoms with Crippen molar-refractivity contribution in [2.75, 3.05) is 0 Å². The van der Waals surface area contributed by atoms with Gasteiger partial charge in [-0.3, -0.25) is 19.8 Å². The Kier molecular flexibility index (Phi) is 7.97. The van der Waals surface area contributed by atoms with E-state index in [9.17, 15) is 14.4 Å². The maximum Gasteiger partial charge on any atom is 0.273 e. The van der Waals surface area contributed by atoms with E-state index < -0.39 is 12.3 Å². The minimum absolute atomic E-state index is 0.101. The zero-order chi connectivity index (χ0) is 22.4. The monoisotopic (exact) mass is 446 g/mol. The van der Waals surface area contributed by atoms with Crippen LogP contribution in [0.1, 0.15) is 56.3 Å². The number of rotatable bonds is 8. The fourth-order valence-electron chi connectivity index (χ4n) is 4.06. The van der Waals surface area contributed by atoms with Gasteiger partial charge in [0.2, 0.25) is 17.9 Å². The second-order valence-corrected chi connectivity index (χ2v) is 8.86. The number of ketones is 1. The Hall–Kier alpha value is -2.52. The maximum absolute atomic E-state index is 13.2. The van der Waals surface area contributed by atoms with E-state index in [4.69, 9.17) is 17.0 Å². The first-order chi connectivity index (χ1) is 14.8. The van der Waals surface area contributed by atoms with Crippen LogP contribution < -0.4 is 21.5 Å². The summed E-state index contributed by atoms with van der Waals surface area (Å²) in [7, 11) is 0. The molecule has 1 aliphatic heterocycles. The number of hydrazine groups is 1. The number of benzene rings is 1. The Morgan fingerprint density at radius 1 is 1.16 bits per heavy atom. The number of nitrogens with one attached hydrogen (secondary N) is 4. The summed E-state index contributed by atoms with van der Waals surface area (Å²) in [6, 6.07) is 7.98. The Morgan fingerprint density at radius 2 is 1.87 bits per heavy atom. The summed E-state index contributed by atoms with van der Waals surface area (Å²) in [6.07, 6.45) is 2.79. The van der Waals surface area contributed by atoms with E-state index in [0.717, 1.165) is 19.3 Å². The van der Waals surface area contributed by atoms with E-state index in [1.807, 2.05) is 32.0 Å². The molecule has 1 saturated heterocycles. The number of thiocarbonyl (C=S) groups is 1. The minimum atomic E-state index is -0.934. The first kappa shape index (κ1) is 23.1. The third kappa shape index (κ3) is 6.24. The molecular weight excluding hydrogens is 416 g/mol. The summed E-state index contributed by atoms with van der Waals surface area (Å²) in [5.41, 5.74) is 5.86. The molecule has 0 spiro atoms. The average Bonchev–Trinajstić information content (AvgIpc) is 3.19. The highest BCUT2D eigenvalue weighted by Gasteiger charge is 2.37. The molecule has 1 aliphatic carbocycles. The van der Waals surface area contributed by atoms with E-state index in [0.29, 0.717) is 18.4 Å². The van der Waals surface area contributed by atoms with Crippen LogP contribution in [0.15, 0.2) is 30.3 Å². The van der Waals surface area contributed by atoms with Crippen LogP contribution in [-0.2, 0) is 14.3 Å². The predicted molar refractivity (Wildman–Crippen MR) is 120 cm³/mol. The Balaban J connectivity index is 1.67. The molecule has 0 radical (unpaired) electrons. The maximum atomic E-state index is 13.2. The van der Waals surface area contributed by atoms with Crippen molar-refractivity contribution in [1.82, 2.24) is 21.5 Å². The van der Waals surface area contributed by atoms with Gasteiger partial charge in [0, 0.05) is 11.6 Å². The summed E-state index contributed by atoms with van der Waals surface area (Å²) in [5, 5.41) is 6.04. The highest BCUT2D eigenvalue weighted by atomic mass is 32.1. The van der Waals surface area contributed by atoms with E-state index in [1.165, 1.54) is 0 Å². The number of carbonyl (C=O) groups is 3. The zero-order valence-corrected chi connectivity index (χ0v) is 18.7. The minimum Gasteiger partial charge on any atom is -0.442 e. The van der Waals surface area contributed by atoms with Crippen LogP contribution in [-0.4, -0.2) is 41.1 Å². The predicted octanol–water partition coefficient (Wildman–Crippen LogP) is 1.81. The van der Waals surface area contributed by atoms with Gasteiger partial charge in [-0.2, -0.15) is 5.43 Å². The van der Waals surface area contributed by atoms with Gasteiger partial charge in [-0.1, -0.05) is 44.9 Å². The van der Waals surface area contributed by atoms with Gasteiger partial charge >= 0.3 is 0 Å². The number of hydrogen-bond donors (Lipinski definition) is 4. The van der Waals surface area contributed by atoms with Gasteiger partial charge < -0.3 is 15.4 Å². The molecular formula is C22H30N4O4S. The quantitative estimate of drug-likeness (QED) is 0.451. The molecule has 0 aromatic heterocycles. The Morgan fingerprint density at radius 3 is 2.52 bits per heavy atom. The molecule has 168 valence electrons. The summed E-state index contributed by atoms with van der Waals surface area (Å²) < 4.78 is 5.29. The molecule has 3 rings (SSSR count). The molecule has 1 aromatic carbocycles. The van der Waals surface area contributed by atoms with Crippen molar-refractivity contribution >= 4 is 35.0 Å². The molecule has 0 bridgehead atoms. The van der Waals surface area contributed by atoms with E-state index in [1.54, 1.807) is 12.1 Å². The fourth-order valence-corrected chi connectivity index (χ4v) is 4.21. The molecule has 2 amide bonds. The topological polar surface area (TPSA) is 109 Å². The van der Waals surface area contributed by atoms with Crippen LogP contribution in [0, 0.1) is 11.8 Å². The van der Waals surface area contributed by atoms with Crippen LogP contribution in [0.4, 0.5) is 0 Å². The lowest BCUT2D eigenvalue weighted by molar-refractivity contribution is -0.135. The van der Waals surface area contributed by atoms with Gasteiger partial charge in [0.05, 0.1) is 12.0 Å². The Labute approximate surface area is 187 Å². The number of amides is 2. The van der Waals surface area contributed by atoms with Crippen molar-refractivity contribution in [2.45, 2.75) is 64.3 Å². The van der Waals surface area contributed by atoms with Gasteiger partial charge in [-0.15, -0.1) is 0 Å². The molecule has 4 N–H and O–H groups in total. The van der Waals surface area contributed by atoms with E-state index in [2.05, 4.69) is 21.5 Å². The van der Waals surface area contributed by atoms with E-state index in [-0.39, 0.29) is 40.6 Å². The molecule has 1 aromatic rings. The molecule has 1 unspecified atom stereocenters. The number of hydrogen-bond acceptors (Lipinski definition) is 6. The third-order valence-corrected chi connectivity index (χ3v) is 5.81. The third-order valence-electron chi connectivity index (χ3n) is 5.61. The lowest BCUT2D eigenvalue weighted by Gasteiger charge is -2.33. The van der Waals surface area contributed by atoms with Crippen molar-refractivity contribution < 1.29 is 19.1 Å². The number of Topliss-reactive ketones (excluding diaryl/α,β-unsaturated/α-hetero) is 1. The lowest BCUT2D eigenvalue weighted by Crippen LogP contribution is -2.54. The molecule has 1 heterocycles. The Bertz CT molecular complexity index is 817. The molecule has 1 saturated carbocycles. The van der Waals surface area contributed by atoms with Gasteiger partial charge in [0.25, 0.3) is 11.1 Å². The van der Waals surface area contributed by atoms with Crippen LogP contribution in [0.2, 0.25) is 0 Å². The van der Waals surface area contributed by atoms with Crippen LogP contribution in [0.25, 0.3) is 0 Å². The molecule has 4 atom stereocenters. The van der Waals surface area contributed by atoms with Gasteiger partial charge in [-0.25, -0.2) is 0 Å². The van der Waals surface area contributed by atoms with Crippen molar-refractivity contribution in [3.63, 3.8) is 0 Å². The molecule has 2 fully saturated rings. The summed E-state index contributed by atoms with van der Waals surface area (Å²) in [4.78, 5) is 38.7. The zero-order valence-electron chi connectivity index (χ0n) is 17.9. The van der Waals surface area contributed by atoms with Gasteiger partial charge in [0.1, 0.15) is 0 Å². The number of ether oxygens (including phenoxy) is 1. The van der Waals surface area contributed by atoms with Crippen molar-refractivity contribution in [3.05, 3.63) is 35.9 Å². The highest BCUT2D eigenvalue weighted by molar-refractivity contribution is 7.80. The normalized spacial score (nSPS) is 24.1. The van der Waals surface area contributed by atoms with Crippen LogP contribution >= 0.6 is 12.2 Å². The molecule has 31 heavy (non-hydrogen) atoms. The standard InChI is InChI=1S/C22H30N4O4S/c1-13(2)12-17(18(27)21-25-26-22(31)30-21)24-20(29)15-10-6-7-11-16(15)23-19(28)14-8-4-3-5-9-14/h3-5,8-9,13,15-17,21,25H,6-7,10-12H2,1-2H3,(H,23,28)(H,24,29)(H,26,31)/t15-,16+,17?,21+/m1/s1. The van der Waals surface area contributed by atoms with Crippen LogP contribution in [0.5, 0.6) is 0 Å². The van der Waals surface area contributed by atoms with Crippen LogP contribution in [0.3, 0.4) is 0 Å². The lowest BCUT2D eigenvalue weighted by atomic mass is 9.83. The average molecular weight is 447 g/mol. The molecule has 8 nitrogen and oxygen atoms in total. The SMILES string of the molecule is CC(C)CC(NC(=O)[C@@H]1CCCC[C@@H]1NC(=O)c1ccccc1)C(=O)[C@H]1NNC(=S)O1. The van der Waals surface area contributed by atoms with Gasteiger partial charge in [0.15, 0.2) is 0 Å². The second kappa shape index (κ2) is 10.7. The number of carbonyl (C=O) groups excluding carboxylic acids is 3. The van der Waals surface area contributed by atoms with E-state index >= 15 is 0 Å².